The Balaban J connectivity index is 1.67. The van der Waals surface area contributed by atoms with Crippen molar-refractivity contribution < 1.29 is 18.8 Å². The summed E-state index contributed by atoms with van der Waals surface area (Å²) < 4.78 is 10.4. The molecule has 0 bridgehead atoms. The monoisotopic (exact) mass is 345 g/mol. The number of nitrogens with one attached hydrogen (secondary N) is 2. The van der Waals surface area contributed by atoms with Crippen molar-refractivity contribution in [3.05, 3.63) is 46.8 Å². The first-order chi connectivity index (χ1) is 12.0. The Kier molecular flexibility index (Phi) is 6.56. The second-order valence-electron chi connectivity index (χ2n) is 5.69. The van der Waals surface area contributed by atoms with Crippen LogP contribution in [0.3, 0.4) is 0 Å². The van der Waals surface area contributed by atoms with Gasteiger partial charge in [-0.2, -0.15) is 0 Å². The molecule has 0 aliphatic heterocycles. The van der Waals surface area contributed by atoms with Crippen LogP contribution in [0.5, 0.6) is 5.75 Å². The molecule has 0 saturated heterocycles. The topological polar surface area (TPSA) is 93.5 Å². The third-order valence-electron chi connectivity index (χ3n) is 3.83. The highest BCUT2D eigenvalue weighted by molar-refractivity contribution is 5.82. The minimum Gasteiger partial charge on any atom is -0.484 e. The highest BCUT2D eigenvalue weighted by Crippen LogP contribution is 2.14. The number of aryl methyl sites for hydroxylation is 3. The molecule has 0 aliphatic carbocycles. The number of carbonyl (C=O) groups is 2. The van der Waals surface area contributed by atoms with Crippen LogP contribution in [0.1, 0.15) is 35.9 Å². The molecule has 2 amide bonds. The first kappa shape index (κ1) is 18.5. The lowest BCUT2D eigenvalue weighted by atomic mass is 10.1. The molecule has 134 valence electrons. The third-order valence-corrected chi connectivity index (χ3v) is 3.83. The smallest absolute Gasteiger partial charge is 0.276 e. The minimum atomic E-state index is -0.426. The average molecular weight is 345 g/mol. The lowest BCUT2D eigenvalue weighted by Crippen LogP contribution is -2.43. The molecule has 7 nitrogen and oxygen atoms in total. The fourth-order valence-electron chi connectivity index (χ4n) is 2.31. The van der Waals surface area contributed by atoms with E-state index in [1.54, 1.807) is 6.92 Å². The molecule has 0 saturated carbocycles. The Bertz CT molecular complexity index is 703. The fourth-order valence-corrected chi connectivity index (χ4v) is 2.31. The molecule has 2 N–H and O–H groups in total. The van der Waals surface area contributed by atoms with Crippen molar-refractivity contribution in [2.24, 2.45) is 0 Å². The van der Waals surface area contributed by atoms with Gasteiger partial charge in [-0.15, -0.1) is 0 Å². The Hall–Kier alpha value is -2.83. The molecule has 0 spiro atoms. The first-order valence-electron chi connectivity index (χ1n) is 8.20. The van der Waals surface area contributed by atoms with Gasteiger partial charge < -0.3 is 9.26 Å². The van der Waals surface area contributed by atoms with Gasteiger partial charge in [0.15, 0.2) is 6.61 Å². The number of hydrogen-bond donors (Lipinski definition) is 2. The molecule has 1 aromatic heterocycles. The molecule has 7 heteroatoms. The Labute approximate surface area is 146 Å². The number of amides is 2. The summed E-state index contributed by atoms with van der Waals surface area (Å²) in [4.78, 5) is 23.5. The van der Waals surface area contributed by atoms with Crippen molar-refractivity contribution >= 4 is 11.8 Å². The predicted octanol–water partition coefficient (Wildman–Crippen LogP) is 2.01. The summed E-state index contributed by atoms with van der Waals surface area (Å²) in [7, 11) is 0. The summed E-state index contributed by atoms with van der Waals surface area (Å²) in [6.07, 6.45) is 1.67. The normalized spacial score (nSPS) is 10.4. The third kappa shape index (κ3) is 5.63. The van der Waals surface area contributed by atoms with Crippen LogP contribution in [0, 0.1) is 13.8 Å². The van der Waals surface area contributed by atoms with Crippen LogP contribution in [0.2, 0.25) is 0 Å². The molecular formula is C18H23N3O4. The molecule has 0 atom stereocenters. The van der Waals surface area contributed by atoms with Gasteiger partial charge >= 0.3 is 0 Å². The maximum absolute atomic E-state index is 11.8. The quantitative estimate of drug-likeness (QED) is 0.749. The zero-order valence-corrected chi connectivity index (χ0v) is 14.7. The Morgan fingerprint density at radius 3 is 2.40 bits per heavy atom. The zero-order valence-electron chi connectivity index (χ0n) is 14.7. The standard InChI is InChI=1S/C18H23N3O4/c1-4-14-5-7-15(8-6-14)24-11-18(23)20-19-17(22)10-9-16-12(2)21-25-13(16)3/h5-8H,4,9-11H2,1-3H3,(H,19,22)(H,20,23). The van der Waals surface area contributed by atoms with E-state index < -0.39 is 5.91 Å². The number of benzene rings is 1. The molecule has 1 aromatic carbocycles. The lowest BCUT2D eigenvalue weighted by molar-refractivity contribution is -0.130. The summed E-state index contributed by atoms with van der Waals surface area (Å²) in [5.74, 6) is 0.597. The Morgan fingerprint density at radius 1 is 1.12 bits per heavy atom. The molecule has 2 rings (SSSR count). The Morgan fingerprint density at radius 2 is 1.80 bits per heavy atom. The highest BCUT2D eigenvalue weighted by Gasteiger charge is 2.11. The van der Waals surface area contributed by atoms with Gasteiger partial charge in [-0.1, -0.05) is 24.2 Å². The van der Waals surface area contributed by atoms with Gasteiger partial charge in [0.05, 0.1) is 5.69 Å². The number of ether oxygens (including phenoxy) is 1. The number of rotatable bonds is 7. The largest absolute Gasteiger partial charge is 0.484 e. The molecule has 0 radical (unpaired) electrons. The van der Waals surface area contributed by atoms with Crippen LogP contribution in [0.15, 0.2) is 28.8 Å². The summed E-state index contributed by atoms with van der Waals surface area (Å²) >= 11 is 0. The van der Waals surface area contributed by atoms with Crippen molar-refractivity contribution in [2.75, 3.05) is 6.61 Å². The predicted molar refractivity (Wildman–Crippen MR) is 91.9 cm³/mol. The summed E-state index contributed by atoms with van der Waals surface area (Å²) in [6.45, 7) is 5.53. The van der Waals surface area contributed by atoms with Gasteiger partial charge in [0.25, 0.3) is 5.91 Å². The van der Waals surface area contributed by atoms with E-state index in [1.165, 1.54) is 5.56 Å². The molecule has 25 heavy (non-hydrogen) atoms. The first-order valence-corrected chi connectivity index (χ1v) is 8.20. The number of nitrogens with zero attached hydrogens (tertiary/aromatic N) is 1. The average Bonchev–Trinajstić information content (AvgIpc) is 2.94. The second kappa shape index (κ2) is 8.86. The van der Waals surface area contributed by atoms with Gasteiger partial charge in [0.2, 0.25) is 5.91 Å². The van der Waals surface area contributed by atoms with E-state index in [4.69, 9.17) is 9.26 Å². The van der Waals surface area contributed by atoms with E-state index in [1.807, 2.05) is 31.2 Å². The molecule has 0 unspecified atom stereocenters. The van der Waals surface area contributed by atoms with Crippen LogP contribution in [-0.4, -0.2) is 23.6 Å². The van der Waals surface area contributed by atoms with Crippen molar-refractivity contribution in [3.63, 3.8) is 0 Å². The number of hydrogen-bond acceptors (Lipinski definition) is 5. The van der Waals surface area contributed by atoms with E-state index in [0.717, 1.165) is 17.7 Å². The molecule has 0 fully saturated rings. The summed E-state index contributed by atoms with van der Waals surface area (Å²) in [5.41, 5.74) is 7.59. The maximum Gasteiger partial charge on any atom is 0.276 e. The summed E-state index contributed by atoms with van der Waals surface area (Å²) in [5, 5.41) is 3.84. The maximum atomic E-state index is 11.8. The van der Waals surface area contributed by atoms with Crippen molar-refractivity contribution in [1.29, 1.82) is 0 Å². The van der Waals surface area contributed by atoms with Crippen LogP contribution in [0.25, 0.3) is 0 Å². The van der Waals surface area contributed by atoms with Crippen LogP contribution in [-0.2, 0) is 22.4 Å². The highest BCUT2D eigenvalue weighted by atomic mass is 16.5. The van der Waals surface area contributed by atoms with Gasteiger partial charge in [-0.25, -0.2) is 0 Å². The zero-order chi connectivity index (χ0) is 18.2. The molecule has 0 aliphatic rings. The van der Waals surface area contributed by atoms with Crippen molar-refractivity contribution in [1.82, 2.24) is 16.0 Å². The summed E-state index contributed by atoms with van der Waals surface area (Å²) in [6, 6.07) is 7.52. The number of aromatic nitrogens is 1. The van der Waals surface area contributed by atoms with Crippen LogP contribution < -0.4 is 15.6 Å². The van der Waals surface area contributed by atoms with Gasteiger partial charge in [-0.3, -0.25) is 20.4 Å². The lowest BCUT2D eigenvalue weighted by Gasteiger charge is -2.09. The number of hydrazine groups is 1. The molecule has 1 heterocycles. The van der Waals surface area contributed by atoms with E-state index in [9.17, 15) is 9.59 Å². The van der Waals surface area contributed by atoms with Gasteiger partial charge in [0.1, 0.15) is 11.5 Å². The van der Waals surface area contributed by atoms with Gasteiger partial charge in [-0.05, 0) is 44.4 Å². The molecular weight excluding hydrogens is 322 g/mol. The second-order valence-corrected chi connectivity index (χ2v) is 5.69. The SMILES string of the molecule is CCc1ccc(OCC(=O)NNC(=O)CCc2c(C)noc2C)cc1. The van der Waals surface area contributed by atoms with E-state index in [-0.39, 0.29) is 18.9 Å². The van der Waals surface area contributed by atoms with Crippen molar-refractivity contribution in [2.45, 2.75) is 40.0 Å². The van der Waals surface area contributed by atoms with Crippen LogP contribution >= 0.6 is 0 Å². The van der Waals surface area contributed by atoms with E-state index in [0.29, 0.717) is 17.9 Å². The van der Waals surface area contributed by atoms with Crippen molar-refractivity contribution in [3.8, 4) is 5.75 Å². The van der Waals surface area contributed by atoms with Crippen LogP contribution in [0.4, 0.5) is 0 Å². The fraction of sp³-hybridized carbons (Fsp3) is 0.389. The number of carbonyl (C=O) groups excluding carboxylic acids is 2. The van der Waals surface area contributed by atoms with E-state index >= 15 is 0 Å². The van der Waals surface area contributed by atoms with E-state index in [2.05, 4.69) is 22.9 Å². The molecule has 2 aromatic rings. The minimum absolute atomic E-state index is 0.171. The van der Waals surface area contributed by atoms with Gasteiger partial charge in [0, 0.05) is 12.0 Å².